The second-order valence-corrected chi connectivity index (χ2v) is 4.15. The van der Waals surface area contributed by atoms with Gasteiger partial charge in [0.1, 0.15) is 11.8 Å². The van der Waals surface area contributed by atoms with Gasteiger partial charge in [0.25, 0.3) is 0 Å². The highest BCUT2D eigenvalue weighted by Gasteiger charge is 2.21. The lowest BCUT2D eigenvalue weighted by molar-refractivity contribution is -0.138. The summed E-state index contributed by atoms with van der Waals surface area (Å²) in [6, 6.07) is 8.02. The lowest BCUT2D eigenvalue weighted by Gasteiger charge is -2.15. The molecule has 0 saturated carbocycles. The Morgan fingerprint density at radius 1 is 1.20 bits per heavy atom. The van der Waals surface area contributed by atoms with Crippen molar-refractivity contribution in [2.45, 2.75) is 6.04 Å². The monoisotopic (exact) mass is 269 g/mol. The zero-order valence-corrected chi connectivity index (χ0v) is 10.3. The first kappa shape index (κ1) is 12.1. The second-order valence-electron chi connectivity index (χ2n) is 4.15. The summed E-state index contributed by atoms with van der Waals surface area (Å²) in [6.45, 7) is 0. The van der Waals surface area contributed by atoms with E-state index in [0.29, 0.717) is 22.5 Å². The Morgan fingerprint density at radius 3 is 2.75 bits per heavy atom. The third kappa shape index (κ3) is 2.16. The predicted octanol–water partition coefficient (Wildman–Crippen LogP) is 1.59. The highest BCUT2D eigenvalue weighted by Crippen LogP contribution is 2.22. The topological polar surface area (TPSA) is 104 Å². The summed E-state index contributed by atoms with van der Waals surface area (Å²) in [5.74, 6) is -0.578. The molecule has 0 aliphatic carbocycles. The van der Waals surface area contributed by atoms with Crippen molar-refractivity contribution in [1.82, 2.24) is 19.9 Å². The molecule has 2 heterocycles. The molecule has 2 aromatic heterocycles. The molecule has 1 aromatic carbocycles. The molecule has 3 rings (SSSR count). The number of fused-ring (bicyclic) bond motifs is 1. The van der Waals surface area contributed by atoms with Gasteiger partial charge in [-0.25, -0.2) is 19.7 Å². The molecule has 7 heteroatoms. The Labute approximate surface area is 113 Å². The minimum Gasteiger partial charge on any atom is -0.479 e. The lowest BCUT2D eigenvalue weighted by Crippen LogP contribution is -2.21. The van der Waals surface area contributed by atoms with Crippen LogP contribution in [0.15, 0.2) is 43.0 Å². The summed E-state index contributed by atoms with van der Waals surface area (Å²) in [5.41, 5.74) is 1.71. The molecule has 1 atom stereocenters. The Morgan fingerprint density at radius 2 is 2.00 bits per heavy atom. The van der Waals surface area contributed by atoms with E-state index < -0.39 is 12.0 Å². The lowest BCUT2D eigenvalue weighted by atomic mass is 10.1. The van der Waals surface area contributed by atoms with E-state index in [1.807, 2.05) is 6.07 Å². The Bertz CT molecular complexity index is 741. The molecule has 0 saturated heterocycles. The number of hydrogen-bond acceptors (Lipinski definition) is 5. The number of rotatable bonds is 4. The molecular formula is C13H11N5O2. The number of H-pyrrole nitrogens is 1. The van der Waals surface area contributed by atoms with Gasteiger partial charge in [0.2, 0.25) is 0 Å². The summed E-state index contributed by atoms with van der Waals surface area (Å²) in [4.78, 5) is 26.4. The largest absolute Gasteiger partial charge is 0.479 e. The molecule has 3 aromatic rings. The van der Waals surface area contributed by atoms with Crippen LogP contribution in [0.2, 0.25) is 0 Å². The molecule has 0 spiro atoms. The van der Waals surface area contributed by atoms with Gasteiger partial charge in [0, 0.05) is 0 Å². The average Bonchev–Trinajstić information content (AvgIpc) is 2.94. The van der Waals surface area contributed by atoms with Crippen molar-refractivity contribution >= 4 is 23.0 Å². The Balaban J connectivity index is 1.99. The number of anilines is 1. The molecule has 0 aliphatic heterocycles. The van der Waals surface area contributed by atoms with E-state index in [4.69, 9.17) is 0 Å². The molecule has 0 aliphatic rings. The molecule has 0 amide bonds. The van der Waals surface area contributed by atoms with E-state index in [2.05, 4.69) is 25.3 Å². The van der Waals surface area contributed by atoms with Crippen LogP contribution in [0.3, 0.4) is 0 Å². The number of hydrogen-bond donors (Lipinski definition) is 3. The van der Waals surface area contributed by atoms with E-state index in [-0.39, 0.29) is 0 Å². The standard InChI is InChI=1S/C13H11N5O2/c19-13(20)9(8-4-2-1-3-5-8)18-12-10-11(15-6-14-10)16-7-17-12/h1-7,9H,(H,19,20)(H2,14,15,16,17,18). The molecule has 0 bridgehead atoms. The van der Waals surface area contributed by atoms with Crippen molar-refractivity contribution < 1.29 is 9.90 Å². The van der Waals surface area contributed by atoms with Gasteiger partial charge in [0.05, 0.1) is 6.33 Å². The molecule has 3 N–H and O–H groups in total. The minimum atomic E-state index is -0.984. The van der Waals surface area contributed by atoms with Crippen molar-refractivity contribution in [3.05, 3.63) is 48.5 Å². The predicted molar refractivity (Wildman–Crippen MR) is 72.1 cm³/mol. The third-order valence-corrected chi connectivity index (χ3v) is 2.88. The van der Waals surface area contributed by atoms with Gasteiger partial charge in [0.15, 0.2) is 17.5 Å². The van der Waals surface area contributed by atoms with Crippen molar-refractivity contribution in [3.63, 3.8) is 0 Å². The van der Waals surface area contributed by atoms with Gasteiger partial charge in [-0.2, -0.15) is 0 Å². The molecule has 0 fully saturated rings. The van der Waals surface area contributed by atoms with Crippen LogP contribution in [0.5, 0.6) is 0 Å². The summed E-state index contributed by atoms with van der Waals surface area (Å²) >= 11 is 0. The van der Waals surface area contributed by atoms with Gasteiger partial charge >= 0.3 is 5.97 Å². The fourth-order valence-corrected chi connectivity index (χ4v) is 1.94. The Kier molecular flexibility index (Phi) is 3.00. The van der Waals surface area contributed by atoms with Crippen LogP contribution >= 0.6 is 0 Å². The maximum atomic E-state index is 11.4. The van der Waals surface area contributed by atoms with Crippen LogP contribution in [0.4, 0.5) is 5.82 Å². The van der Waals surface area contributed by atoms with Crippen LogP contribution in [-0.2, 0) is 4.79 Å². The summed E-state index contributed by atoms with van der Waals surface area (Å²) < 4.78 is 0. The van der Waals surface area contributed by atoms with E-state index in [0.717, 1.165) is 0 Å². The molecule has 0 radical (unpaired) electrons. The van der Waals surface area contributed by atoms with Gasteiger partial charge in [-0.3, -0.25) is 0 Å². The van der Waals surface area contributed by atoms with Gasteiger partial charge in [-0.15, -0.1) is 0 Å². The van der Waals surface area contributed by atoms with Crippen LogP contribution in [0.1, 0.15) is 11.6 Å². The number of carboxylic acids is 1. The first-order chi connectivity index (χ1) is 9.75. The van der Waals surface area contributed by atoms with Crippen LogP contribution in [0, 0.1) is 0 Å². The highest BCUT2D eigenvalue weighted by molar-refractivity contribution is 5.86. The fraction of sp³-hybridized carbons (Fsp3) is 0.0769. The number of nitrogens with zero attached hydrogens (tertiary/aromatic N) is 3. The number of benzene rings is 1. The van der Waals surface area contributed by atoms with Crippen LogP contribution in [-0.4, -0.2) is 31.0 Å². The molecular weight excluding hydrogens is 258 g/mol. The van der Waals surface area contributed by atoms with Gasteiger partial charge in [-0.05, 0) is 5.56 Å². The van der Waals surface area contributed by atoms with Gasteiger partial charge in [-0.1, -0.05) is 30.3 Å². The van der Waals surface area contributed by atoms with Crippen LogP contribution in [0.25, 0.3) is 11.2 Å². The Hall–Kier alpha value is -2.96. The maximum absolute atomic E-state index is 11.4. The van der Waals surface area contributed by atoms with E-state index in [1.54, 1.807) is 24.3 Å². The summed E-state index contributed by atoms with van der Waals surface area (Å²) in [5, 5.41) is 12.3. The quantitative estimate of drug-likeness (QED) is 0.664. The van der Waals surface area contributed by atoms with Crippen molar-refractivity contribution in [3.8, 4) is 0 Å². The SMILES string of the molecule is O=C(O)C(Nc1ncnc2nc[nH]c12)c1ccccc1. The number of aromatic nitrogens is 4. The summed E-state index contributed by atoms with van der Waals surface area (Å²) in [7, 11) is 0. The van der Waals surface area contributed by atoms with Crippen molar-refractivity contribution in [2.24, 2.45) is 0 Å². The van der Waals surface area contributed by atoms with E-state index in [9.17, 15) is 9.90 Å². The third-order valence-electron chi connectivity index (χ3n) is 2.88. The van der Waals surface area contributed by atoms with Gasteiger partial charge < -0.3 is 15.4 Å². The second kappa shape index (κ2) is 4.96. The minimum absolute atomic E-state index is 0.406. The maximum Gasteiger partial charge on any atom is 0.330 e. The number of imidazole rings is 1. The average molecular weight is 269 g/mol. The number of carbonyl (C=O) groups is 1. The zero-order chi connectivity index (χ0) is 13.9. The fourth-order valence-electron chi connectivity index (χ4n) is 1.94. The molecule has 7 nitrogen and oxygen atoms in total. The number of carboxylic acid groups (broad SMARTS) is 1. The normalized spacial score (nSPS) is 12.2. The zero-order valence-electron chi connectivity index (χ0n) is 10.3. The van der Waals surface area contributed by atoms with E-state index >= 15 is 0 Å². The van der Waals surface area contributed by atoms with Crippen LogP contribution < -0.4 is 5.32 Å². The first-order valence-electron chi connectivity index (χ1n) is 5.94. The first-order valence-corrected chi connectivity index (χ1v) is 5.94. The number of aromatic amines is 1. The molecule has 1 unspecified atom stereocenters. The van der Waals surface area contributed by atoms with E-state index in [1.165, 1.54) is 12.7 Å². The van der Waals surface area contributed by atoms with Crippen molar-refractivity contribution in [2.75, 3.05) is 5.32 Å². The molecule has 100 valence electrons. The molecule has 20 heavy (non-hydrogen) atoms. The number of aliphatic carboxylic acids is 1. The smallest absolute Gasteiger partial charge is 0.330 e. The summed E-state index contributed by atoms with van der Waals surface area (Å²) in [6.07, 6.45) is 2.83. The highest BCUT2D eigenvalue weighted by atomic mass is 16.4. The van der Waals surface area contributed by atoms with Crippen molar-refractivity contribution in [1.29, 1.82) is 0 Å². The number of nitrogens with one attached hydrogen (secondary N) is 2.